The lowest BCUT2D eigenvalue weighted by Gasteiger charge is -2.17. The summed E-state index contributed by atoms with van der Waals surface area (Å²) in [6, 6.07) is 10.4. The number of benzene rings is 2. The first-order valence-corrected chi connectivity index (χ1v) is 8.71. The molecule has 128 valence electrons. The van der Waals surface area contributed by atoms with E-state index in [0.29, 0.717) is 10.6 Å². The summed E-state index contributed by atoms with van der Waals surface area (Å²) in [7, 11) is 0. The molecule has 0 aliphatic carbocycles. The minimum Gasteiger partial charge on any atom is -0.368 e. The zero-order valence-corrected chi connectivity index (χ0v) is 16.6. The van der Waals surface area contributed by atoms with Crippen molar-refractivity contribution in [2.24, 2.45) is 0 Å². The highest BCUT2D eigenvalue weighted by Gasteiger charge is 2.17. The number of thiocarbonyl (C=S) groups is 1. The molecular formula is C22H24N2S. The lowest BCUT2D eigenvalue weighted by atomic mass is 9.95. The molecule has 0 amide bonds. The van der Waals surface area contributed by atoms with E-state index in [0.717, 1.165) is 39.2 Å². The van der Waals surface area contributed by atoms with E-state index in [1.165, 1.54) is 5.56 Å². The summed E-state index contributed by atoms with van der Waals surface area (Å²) in [5, 5.41) is 3.41. The topological polar surface area (TPSA) is 16.4 Å². The SMILES string of the molecule is [C-]#[N+]C(C(=S)c1c(C)cc(C)cc1C)=C(C)Nc1c(C)cccc1C. The molecule has 0 unspecified atom stereocenters. The highest BCUT2D eigenvalue weighted by molar-refractivity contribution is 7.81. The van der Waals surface area contributed by atoms with E-state index in [1.54, 1.807) is 0 Å². The molecule has 0 atom stereocenters. The molecule has 2 aromatic rings. The Morgan fingerprint density at radius 3 is 1.96 bits per heavy atom. The number of aryl methyl sites for hydroxylation is 5. The summed E-state index contributed by atoms with van der Waals surface area (Å²) in [5.41, 5.74) is 9.07. The Labute approximate surface area is 156 Å². The first kappa shape index (κ1) is 18.9. The largest absolute Gasteiger partial charge is 0.368 e. The summed E-state index contributed by atoms with van der Waals surface area (Å²) in [6.45, 7) is 19.9. The van der Waals surface area contributed by atoms with Crippen molar-refractivity contribution in [3.63, 3.8) is 0 Å². The van der Waals surface area contributed by atoms with Gasteiger partial charge in [0.2, 0.25) is 5.70 Å². The van der Waals surface area contributed by atoms with Crippen LogP contribution in [0.4, 0.5) is 5.69 Å². The first-order chi connectivity index (χ1) is 11.8. The van der Waals surface area contributed by atoms with Crippen LogP contribution >= 0.6 is 12.2 Å². The molecular weight excluding hydrogens is 324 g/mol. The van der Waals surface area contributed by atoms with Crippen molar-refractivity contribution < 1.29 is 0 Å². The predicted octanol–water partition coefficient (Wildman–Crippen LogP) is 6.21. The number of allylic oxidation sites excluding steroid dienone is 2. The zero-order chi connectivity index (χ0) is 18.7. The third-order valence-corrected chi connectivity index (χ3v) is 4.78. The maximum atomic E-state index is 7.67. The van der Waals surface area contributed by atoms with Crippen LogP contribution in [0.3, 0.4) is 0 Å². The number of hydrogen-bond donors (Lipinski definition) is 1. The standard InChI is InChI=1S/C22H24N2S/c1-13-11-16(4)19(17(5)12-13)22(25)21(23-7)18(6)24-20-14(2)9-8-10-15(20)3/h8-12,24H,1-6H3. The van der Waals surface area contributed by atoms with Crippen LogP contribution in [0.5, 0.6) is 0 Å². The molecule has 1 N–H and O–H groups in total. The van der Waals surface area contributed by atoms with Crippen LogP contribution < -0.4 is 5.32 Å². The lowest BCUT2D eigenvalue weighted by molar-refractivity contribution is 1.27. The molecule has 0 aliphatic rings. The average Bonchev–Trinajstić information content (AvgIpc) is 2.50. The van der Waals surface area contributed by atoms with Gasteiger partial charge in [-0.2, -0.15) is 0 Å². The number of para-hydroxylation sites is 1. The average molecular weight is 349 g/mol. The van der Waals surface area contributed by atoms with Gasteiger partial charge in [0, 0.05) is 11.4 Å². The molecule has 0 spiro atoms. The number of anilines is 1. The van der Waals surface area contributed by atoms with Crippen molar-refractivity contribution in [2.45, 2.75) is 41.5 Å². The monoisotopic (exact) mass is 348 g/mol. The van der Waals surface area contributed by atoms with Gasteiger partial charge in [0.25, 0.3) is 0 Å². The summed E-state index contributed by atoms with van der Waals surface area (Å²) < 4.78 is 0. The molecule has 2 rings (SSSR count). The molecule has 0 fully saturated rings. The number of hydrogen-bond acceptors (Lipinski definition) is 2. The van der Waals surface area contributed by atoms with Gasteiger partial charge in [0.15, 0.2) is 0 Å². The Hall–Kier alpha value is -2.44. The van der Waals surface area contributed by atoms with Crippen molar-refractivity contribution in [2.75, 3.05) is 5.32 Å². The zero-order valence-electron chi connectivity index (χ0n) is 15.7. The Morgan fingerprint density at radius 2 is 1.48 bits per heavy atom. The molecule has 0 saturated heterocycles. The third-order valence-electron chi connectivity index (χ3n) is 4.38. The fourth-order valence-corrected chi connectivity index (χ4v) is 3.74. The second kappa shape index (κ2) is 7.63. The summed E-state index contributed by atoms with van der Waals surface area (Å²) in [4.78, 5) is 4.36. The second-order valence-electron chi connectivity index (χ2n) is 6.58. The van der Waals surface area contributed by atoms with Gasteiger partial charge in [0.1, 0.15) is 0 Å². The fourth-order valence-electron chi connectivity index (χ4n) is 3.22. The van der Waals surface area contributed by atoms with Crippen LogP contribution in [0.25, 0.3) is 4.85 Å². The van der Waals surface area contributed by atoms with Crippen molar-refractivity contribution in [1.82, 2.24) is 0 Å². The molecule has 0 saturated carbocycles. The molecule has 25 heavy (non-hydrogen) atoms. The number of rotatable bonds is 4. The van der Waals surface area contributed by atoms with Crippen LogP contribution in [0, 0.1) is 41.2 Å². The molecule has 2 nitrogen and oxygen atoms in total. The van der Waals surface area contributed by atoms with Crippen molar-refractivity contribution in [3.05, 3.63) is 86.5 Å². The lowest BCUT2D eigenvalue weighted by Crippen LogP contribution is -2.11. The predicted molar refractivity (Wildman–Crippen MR) is 111 cm³/mol. The van der Waals surface area contributed by atoms with Gasteiger partial charge >= 0.3 is 0 Å². The number of nitrogens with zero attached hydrogens (tertiary/aromatic N) is 1. The maximum Gasteiger partial charge on any atom is 0.223 e. The Bertz CT molecular complexity index is 871. The first-order valence-electron chi connectivity index (χ1n) is 8.30. The summed E-state index contributed by atoms with van der Waals surface area (Å²) >= 11 is 5.71. The van der Waals surface area contributed by atoms with Crippen LogP contribution in [-0.4, -0.2) is 4.86 Å². The third kappa shape index (κ3) is 3.97. The molecule has 0 heterocycles. The Balaban J connectivity index is 2.50. The molecule has 3 heteroatoms. The van der Waals surface area contributed by atoms with E-state index in [2.05, 4.69) is 69.0 Å². The summed E-state index contributed by atoms with van der Waals surface area (Å²) in [6.07, 6.45) is 0. The van der Waals surface area contributed by atoms with E-state index >= 15 is 0 Å². The van der Waals surface area contributed by atoms with Crippen LogP contribution in [0.15, 0.2) is 41.7 Å². The smallest absolute Gasteiger partial charge is 0.223 e. The van der Waals surface area contributed by atoms with Crippen LogP contribution in [0.2, 0.25) is 0 Å². The molecule has 0 radical (unpaired) electrons. The van der Waals surface area contributed by atoms with E-state index in [4.69, 9.17) is 18.8 Å². The van der Waals surface area contributed by atoms with Gasteiger partial charge in [-0.15, -0.1) is 0 Å². The van der Waals surface area contributed by atoms with Gasteiger partial charge < -0.3 is 5.32 Å². The Morgan fingerprint density at radius 1 is 0.960 bits per heavy atom. The van der Waals surface area contributed by atoms with Gasteiger partial charge in [-0.05, 0) is 69.4 Å². The molecule has 2 aromatic carbocycles. The minimum atomic E-state index is 0.507. The molecule has 0 bridgehead atoms. The normalized spacial score (nSPS) is 11.6. The minimum absolute atomic E-state index is 0.507. The molecule has 0 aromatic heterocycles. The van der Waals surface area contributed by atoms with Crippen LogP contribution in [0.1, 0.15) is 40.3 Å². The highest BCUT2D eigenvalue weighted by Crippen LogP contribution is 2.26. The Kier molecular flexibility index (Phi) is 5.77. The van der Waals surface area contributed by atoms with E-state index < -0.39 is 0 Å². The van der Waals surface area contributed by atoms with Crippen LogP contribution in [-0.2, 0) is 0 Å². The van der Waals surface area contributed by atoms with Gasteiger partial charge in [0.05, 0.1) is 11.4 Å². The summed E-state index contributed by atoms with van der Waals surface area (Å²) in [5.74, 6) is 0. The van der Waals surface area contributed by atoms with Crippen molar-refractivity contribution >= 4 is 22.8 Å². The second-order valence-corrected chi connectivity index (χ2v) is 6.99. The molecule has 0 aliphatic heterocycles. The van der Waals surface area contributed by atoms with Gasteiger partial charge in [-0.25, -0.2) is 4.85 Å². The quantitative estimate of drug-likeness (QED) is 0.306. The van der Waals surface area contributed by atoms with Gasteiger partial charge in [-0.3, -0.25) is 0 Å². The van der Waals surface area contributed by atoms with Crippen molar-refractivity contribution in [1.29, 1.82) is 0 Å². The van der Waals surface area contributed by atoms with E-state index in [9.17, 15) is 0 Å². The number of nitrogens with one attached hydrogen (secondary N) is 1. The van der Waals surface area contributed by atoms with Crippen molar-refractivity contribution in [3.8, 4) is 0 Å². The van der Waals surface area contributed by atoms with Gasteiger partial charge in [-0.1, -0.05) is 48.1 Å². The fraction of sp³-hybridized carbons (Fsp3) is 0.273. The maximum absolute atomic E-state index is 7.67. The van der Waals surface area contributed by atoms with E-state index in [1.807, 2.05) is 13.0 Å². The van der Waals surface area contributed by atoms with E-state index in [-0.39, 0.29) is 0 Å². The highest BCUT2D eigenvalue weighted by atomic mass is 32.1.